The van der Waals surface area contributed by atoms with Crippen molar-refractivity contribution in [3.8, 4) is 5.88 Å². The summed E-state index contributed by atoms with van der Waals surface area (Å²) in [6.45, 7) is 6.09. The van der Waals surface area contributed by atoms with Gasteiger partial charge >= 0.3 is 0 Å². The number of piperazine rings is 1. The van der Waals surface area contributed by atoms with Crippen molar-refractivity contribution in [2.45, 2.75) is 13.8 Å². The lowest BCUT2D eigenvalue weighted by molar-refractivity contribution is -0.133. The van der Waals surface area contributed by atoms with Gasteiger partial charge in [0.15, 0.2) is 12.3 Å². The number of amides is 1. The highest BCUT2D eigenvalue weighted by Crippen LogP contribution is 2.24. The number of para-hydroxylation sites is 1. The van der Waals surface area contributed by atoms with E-state index in [1.165, 1.54) is 6.07 Å². The second-order valence-electron chi connectivity index (χ2n) is 7.29. The standard InChI is InChI=1S/C21H24FN5O2/c1-14-12-18(23-21-20(14)15(2)24-25(21)3)29-13-19(28)27-10-8-26(9-11-27)17-7-5-4-6-16(17)22/h4-7,12H,8-11,13H2,1-3H3. The molecule has 0 spiro atoms. The SMILES string of the molecule is Cc1cc(OCC(=O)N2CCN(c3ccccc3F)CC2)nc2c1c(C)nn2C. The maximum absolute atomic E-state index is 14.0. The molecule has 0 radical (unpaired) electrons. The van der Waals surface area contributed by atoms with Crippen molar-refractivity contribution in [1.82, 2.24) is 19.7 Å². The third kappa shape index (κ3) is 3.74. The van der Waals surface area contributed by atoms with Gasteiger partial charge in [0.25, 0.3) is 5.91 Å². The molecule has 0 bridgehead atoms. The molecule has 1 aliphatic heterocycles. The number of ether oxygens (including phenoxy) is 1. The molecule has 1 saturated heterocycles. The van der Waals surface area contributed by atoms with Gasteiger partial charge in [0.2, 0.25) is 5.88 Å². The summed E-state index contributed by atoms with van der Waals surface area (Å²) in [6.07, 6.45) is 0. The van der Waals surface area contributed by atoms with Crippen LogP contribution in [0.4, 0.5) is 10.1 Å². The molecule has 8 heteroatoms. The van der Waals surface area contributed by atoms with Crippen molar-refractivity contribution in [2.75, 3.05) is 37.7 Å². The smallest absolute Gasteiger partial charge is 0.260 e. The summed E-state index contributed by atoms with van der Waals surface area (Å²) in [5, 5.41) is 5.40. The average Bonchev–Trinajstić information content (AvgIpc) is 3.00. The summed E-state index contributed by atoms with van der Waals surface area (Å²) in [5.41, 5.74) is 3.25. The van der Waals surface area contributed by atoms with Crippen LogP contribution in [-0.2, 0) is 11.8 Å². The first-order valence-electron chi connectivity index (χ1n) is 9.65. The predicted molar refractivity (Wildman–Crippen MR) is 109 cm³/mol. The fourth-order valence-corrected chi connectivity index (χ4v) is 3.84. The number of rotatable bonds is 4. The number of nitrogens with zero attached hydrogens (tertiary/aromatic N) is 5. The number of fused-ring (bicyclic) bond motifs is 1. The monoisotopic (exact) mass is 397 g/mol. The molecule has 0 aliphatic carbocycles. The summed E-state index contributed by atoms with van der Waals surface area (Å²) < 4.78 is 21.4. The highest BCUT2D eigenvalue weighted by molar-refractivity contribution is 5.82. The largest absolute Gasteiger partial charge is 0.467 e. The Bertz CT molecular complexity index is 1060. The van der Waals surface area contributed by atoms with Crippen LogP contribution in [0.25, 0.3) is 11.0 Å². The van der Waals surface area contributed by atoms with Crippen LogP contribution < -0.4 is 9.64 Å². The Balaban J connectivity index is 1.37. The molecule has 1 aliphatic rings. The number of benzene rings is 1. The summed E-state index contributed by atoms with van der Waals surface area (Å²) in [6, 6.07) is 8.55. The summed E-state index contributed by atoms with van der Waals surface area (Å²) in [7, 11) is 1.84. The van der Waals surface area contributed by atoms with Gasteiger partial charge in [-0.3, -0.25) is 9.48 Å². The highest BCUT2D eigenvalue weighted by atomic mass is 19.1. The van der Waals surface area contributed by atoms with Gasteiger partial charge in [0, 0.05) is 44.7 Å². The molecule has 1 amide bonds. The fourth-order valence-electron chi connectivity index (χ4n) is 3.84. The Morgan fingerprint density at radius 1 is 1.17 bits per heavy atom. The van der Waals surface area contributed by atoms with Gasteiger partial charge in [-0.15, -0.1) is 0 Å². The van der Waals surface area contributed by atoms with Crippen LogP contribution in [0, 0.1) is 19.7 Å². The third-order valence-corrected chi connectivity index (χ3v) is 5.31. The first-order chi connectivity index (χ1) is 13.9. The number of anilines is 1. The van der Waals surface area contributed by atoms with Crippen LogP contribution in [-0.4, -0.2) is 58.4 Å². The topological polar surface area (TPSA) is 63.5 Å². The molecule has 152 valence electrons. The predicted octanol–water partition coefficient (Wildman–Crippen LogP) is 2.45. The van der Waals surface area contributed by atoms with Gasteiger partial charge in [-0.2, -0.15) is 10.1 Å². The normalized spacial score (nSPS) is 14.5. The van der Waals surface area contributed by atoms with E-state index in [0.29, 0.717) is 37.7 Å². The first-order valence-corrected chi connectivity index (χ1v) is 9.65. The zero-order valence-corrected chi connectivity index (χ0v) is 16.9. The number of pyridine rings is 1. The van der Waals surface area contributed by atoms with Gasteiger partial charge in [-0.05, 0) is 31.5 Å². The molecule has 0 atom stereocenters. The number of hydrogen-bond acceptors (Lipinski definition) is 5. The van der Waals surface area contributed by atoms with Crippen LogP contribution in [0.2, 0.25) is 0 Å². The summed E-state index contributed by atoms with van der Waals surface area (Å²) in [5.74, 6) is 0.0770. The second-order valence-corrected chi connectivity index (χ2v) is 7.29. The summed E-state index contributed by atoms with van der Waals surface area (Å²) in [4.78, 5) is 20.8. The molecule has 7 nitrogen and oxygen atoms in total. The van der Waals surface area contributed by atoms with Gasteiger partial charge < -0.3 is 14.5 Å². The number of aryl methyl sites for hydroxylation is 3. The fraction of sp³-hybridized carbons (Fsp3) is 0.381. The molecule has 3 aromatic rings. The lowest BCUT2D eigenvalue weighted by Crippen LogP contribution is -2.50. The van der Waals surface area contributed by atoms with Crippen molar-refractivity contribution < 1.29 is 13.9 Å². The minimum absolute atomic E-state index is 0.0749. The Kier molecular flexibility index (Phi) is 5.08. The van der Waals surface area contributed by atoms with Crippen LogP contribution in [0.1, 0.15) is 11.3 Å². The molecule has 4 rings (SSSR count). The first kappa shape index (κ1) is 19.2. The number of aromatic nitrogens is 3. The van der Waals surface area contributed by atoms with Crippen molar-refractivity contribution in [3.63, 3.8) is 0 Å². The zero-order valence-electron chi connectivity index (χ0n) is 16.9. The van der Waals surface area contributed by atoms with Crippen LogP contribution in [0.5, 0.6) is 5.88 Å². The minimum Gasteiger partial charge on any atom is -0.467 e. The van der Waals surface area contributed by atoms with E-state index in [4.69, 9.17) is 4.74 Å². The Morgan fingerprint density at radius 3 is 2.62 bits per heavy atom. The van der Waals surface area contributed by atoms with E-state index in [-0.39, 0.29) is 18.3 Å². The van der Waals surface area contributed by atoms with Crippen molar-refractivity contribution in [2.24, 2.45) is 7.05 Å². The molecular formula is C21H24FN5O2. The molecular weight excluding hydrogens is 373 g/mol. The summed E-state index contributed by atoms with van der Waals surface area (Å²) >= 11 is 0. The van der Waals surface area contributed by atoms with Crippen LogP contribution >= 0.6 is 0 Å². The molecule has 0 saturated carbocycles. The Morgan fingerprint density at radius 2 is 1.90 bits per heavy atom. The van der Waals surface area contributed by atoms with E-state index in [1.54, 1.807) is 21.7 Å². The van der Waals surface area contributed by atoms with Crippen molar-refractivity contribution in [3.05, 3.63) is 47.4 Å². The van der Waals surface area contributed by atoms with Gasteiger partial charge in [0.1, 0.15) is 5.82 Å². The van der Waals surface area contributed by atoms with E-state index in [9.17, 15) is 9.18 Å². The lowest BCUT2D eigenvalue weighted by Gasteiger charge is -2.36. The van der Waals surface area contributed by atoms with Gasteiger partial charge in [-0.1, -0.05) is 12.1 Å². The number of hydrogen-bond donors (Lipinski definition) is 0. The third-order valence-electron chi connectivity index (χ3n) is 5.31. The maximum Gasteiger partial charge on any atom is 0.260 e. The van der Waals surface area contributed by atoms with E-state index in [0.717, 1.165) is 22.3 Å². The Labute approximate surface area is 168 Å². The quantitative estimate of drug-likeness (QED) is 0.677. The minimum atomic E-state index is -0.238. The van der Waals surface area contributed by atoms with E-state index in [2.05, 4.69) is 10.1 Å². The van der Waals surface area contributed by atoms with E-state index >= 15 is 0 Å². The van der Waals surface area contributed by atoms with Crippen molar-refractivity contribution in [1.29, 1.82) is 0 Å². The second kappa shape index (κ2) is 7.69. The molecule has 1 fully saturated rings. The Hall–Kier alpha value is -3.16. The zero-order chi connectivity index (χ0) is 20.5. The molecule has 2 aromatic heterocycles. The maximum atomic E-state index is 14.0. The molecule has 29 heavy (non-hydrogen) atoms. The van der Waals surface area contributed by atoms with Gasteiger partial charge in [0.05, 0.1) is 11.4 Å². The molecule has 0 unspecified atom stereocenters. The van der Waals surface area contributed by atoms with Crippen LogP contribution in [0.15, 0.2) is 30.3 Å². The van der Waals surface area contributed by atoms with E-state index in [1.807, 2.05) is 37.9 Å². The molecule has 1 aromatic carbocycles. The van der Waals surface area contributed by atoms with Crippen LogP contribution in [0.3, 0.4) is 0 Å². The number of halogens is 1. The van der Waals surface area contributed by atoms with Crippen molar-refractivity contribution >= 4 is 22.6 Å². The number of carbonyl (C=O) groups is 1. The molecule has 0 N–H and O–H groups in total. The van der Waals surface area contributed by atoms with E-state index < -0.39 is 0 Å². The highest BCUT2D eigenvalue weighted by Gasteiger charge is 2.23. The van der Waals surface area contributed by atoms with Gasteiger partial charge in [-0.25, -0.2) is 4.39 Å². The molecule has 3 heterocycles. The number of carbonyl (C=O) groups excluding carboxylic acids is 1. The lowest BCUT2D eigenvalue weighted by atomic mass is 10.2. The average molecular weight is 397 g/mol.